The minimum absolute atomic E-state index is 0.101. The molecule has 1 N–H and O–H groups in total. The van der Waals surface area contributed by atoms with Gasteiger partial charge in [-0.3, -0.25) is 4.79 Å². The van der Waals surface area contributed by atoms with Gasteiger partial charge in [-0.25, -0.2) is 12.8 Å². The molecular formula is C16H13ClFNO3S. The largest absolute Gasteiger partial charge is 0.321 e. The van der Waals surface area contributed by atoms with Crippen LogP contribution in [0.15, 0.2) is 53.4 Å². The fraction of sp³-hybridized carbons (Fsp3) is 0.0625. The van der Waals surface area contributed by atoms with E-state index in [-0.39, 0.29) is 9.92 Å². The number of carbonyl (C=O) groups is 1. The molecule has 0 saturated carbocycles. The number of carbonyl (C=O) groups excluding carboxylic acids is 1. The van der Waals surface area contributed by atoms with Crippen molar-refractivity contribution in [2.75, 3.05) is 11.6 Å². The maximum absolute atomic E-state index is 12.9. The highest BCUT2D eigenvalue weighted by Crippen LogP contribution is 2.22. The SMILES string of the molecule is CS(=O)(=O)c1ccc(C=CC(=O)Nc2ccc(F)cc2Cl)cc1. The number of amides is 1. The third-order valence-electron chi connectivity index (χ3n) is 2.92. The number of halogens is 2. The van der Waals surface area contributed by atoms with Gasteiger partial charge in [0.1, 0.15) is 5.82 Å². The van der Waals surface area contributed by atoms with Gasteiger partial charge >= 0.3 is 0 Å². The summed E-state index contributed by atoms with van der Waals surface area (Å²) in [5.41, 5.74) is 0.966. The topological polar surface area (TPSA) is 63.2 Å². The molecule has 0 radical (unpaired) electrons. The van der Waals surface area contributed by atoms with Crippen molar-refractivity contribution in [1.29, 1.82) is 0 Å². The minimum Gasteiger partial charge on any atom is -0.321 e. The van der Waals surface area contributed by atoms with Crippen LogP contribution in [0, 0.1) is 5.82 Å². The Bertz CT molecular complexity index is 861. The Hall–Kier alpha value is -2.18. The molecule has 0 aliphatic rings. The van der Waals surface area contributed by atoms with Crippen LogP contribution in [0.4, 0.5) is 10.1 Å². The number of sulfone groups is 1. The predicted octanol–water partition coefficient (Wildman–Crippen LogP) is 3.53. The molecule has 0 bridgehead atoms. The van der Waals surface area contributed by atoms with Crippen molar-refractivity contribution >= 4 is 39.1 Å². The van der Waals surface area contributed by atoms with Crippen LogP contribution in [0.5, 0.6) is 0 Å². The van der Waals surface area contributed by atoms with Crippen molar-refractivity contribution in [3.8, 4) is 0 Å². The van der Waals surface area contributed by atoms with E-state index in [9.17, 15) is 17.6 Å². The standard InChI is InChI=1S/C16H13ClFNO3S/c1-23(21,22)13-6-2-11(3-7-13)4-9-16(20)19-15-8-5-12(18)10-14(15)17/h2-10H,1H3,(H,19,20). The summed E-state index contributed by atoms with van der Waals surface area (Å²) < 4.78 is 35.6. The van der Waals surface area contributed by atoms with Crippen LogP contribution >= 0.6 is 11.6 Å². The Morgan fingerprint density at radius 3 is 2.39 bits per heavy atom. The van der Waals surface area contributed by atoms with Gasteiger partial charge in [-0.05, 0) is 42.0 Å². The lowest BCUT2D eigenvalue weighted by Gasteiger charge is -2.04. The molecule has 2 rings (SSSR count). The van der Waals surface area contributed by atoms with Gasteiger partial charge in [0.15, 0.2) is 9.84 Å². The molecule has 0 aliphatic carbocycles. The molecule has 0 saturated heterocycles. The quantitative estimate of drug-likeness (QED) is 0.855. The predicted molar refractivity (Wildman–Crippen MR) is 88.6 cm³/mol. The summed E-state index contributed by atoms with van der Waals surface area (Å²) in [4.78, 5) is 12.0. The summed E-state index contributed by atoms with van der Waals surface area (Å²) in [5.74, 6) is -0.930. The Balaban J connectivity index is 2.06. The van der Waals surface area contributed by atoms with E-state index in [1.807, 2.05) is 0 Å². The summed E-state index contributed by atoms with van der Waals surface area (Å²) in [6.07, 6.45) is 3.92. The lowest BCUT2D eigenvalue weighted by Crippen LogP contribution is -2.08. The summed E-state index contributed by atoms with van der Waals surface area (Å²) in [5, 5.41) is 2.62. The lowest BCUT2D eigenvalue weighted by atomic mass is 10.2. The number of benzene rings is 2. The zero-order chi connectivity index (χ0) is 17.0. The highest BCUT2D eigenvalue weighted by Gasteiger charge is 2.06. The van der Waals surface area contributed by atoms with Crippen molar-refractivity contribution in [2.45, 2.75) is 4.90 Å². The molecule has 23 heavy (non-hydrogen) atoms. The van der Waals surface area contributed by atoms with Crippen LogP contribution in [0.1, 0.15) is 5.56 Å². The molecule has 2 aromatic carbocycles. The van der Waals surface area contributed by atoms with Crippen molar-refractivity contribution < 1.29 is 17.6 Å². The summed E-state index contributed by atoms with van der Waals surface area (Å²) in [7, 11) is -3.25. The maximum Gasteiger partial charge on any atom is 0.248 e. The van der Waals surface area contributed by atoms with Crippen LogP contribution < -0.4 is 5.32 Å². The van der Waals surface area contributed by atoms with Crippen molar-refractivity contribution in [3.05, 3.63) is 64.9 Å². The fourth-order valence-corrected chi connectivity index (χ4v) is 2.61. The molecular weight excluding hydrogens is 341 g/mol. The number of anilines is 1. The zero-order valence-electron chi connectivity index (χ0n) is 12.1. The molecule has 1 amide bonds. The molecule has 0 unspecified atom stereocenters. The van der Waals surface area contributed by atoms with Gasteiger partial charge < -0.3 is 5.32 Å². The van der Waals surface area contributed by atoms with E-state index in [0.29, 0.717) is 11.3 Å². The normalized spacial score (nSPS) is 11.6. The Morgan fingerprint density at radius 1 is 1.17 bits per heavy atom. The van der Waals surface area contributed by atoms with E-state index >= 15 is 0 Å². The Kier molecular flexibility index (Phi) is 5.18. The van der Waals surface area contributed by atoms with E-state index < -0.39 is 21.6 Å². The molecule has 7 heteroatoms. The van der Waals surface area contributed by atoms with Gasteiger partial charge in [-0.1, -0.05) is 23.7 Å². The molecule has 0 spiro atoms. The molecule has 4 nitrogen and oxygen atoms in total. The second kappa shape index (κ2) is 6.93. The maximum atomic E-state index is 12.9. The van der Waals surface area contributed by atoms with E-state index in [1.165, 1.54) is 36.4 Å². The first-order valence-electron chi connectivity index (χ1n) is 6.50. The van der Waals surface area contributed by atoms with Crippen LogP contribution in [0.25, 0.3) is 6.08 Å². The zero-order valence-corrected chi connectivity index (χ0v) is 13.7. The molecule has 120 valence electrons. The van der Waals surface area contributed by atoms with Gasteiger partial charge in [-0.2, -0.15) is 0 Å². The van der Waals surface area contributed by atoms with Gasteiger partial charge in [0.25, 0.3) is 0 Å². The Morgan fingerprint density at radius 2 is 1.83 bits per heavy atom. The van der Waals surface area contributed by atoms with Gasteiger partial charge in [-0.15, -0.1) is 0 Å². The van der Waals surface area contributed by atoms with Crippen molar-refractivity contribution in [2.24, 2.45) is 0 Å². The van der Waals surface area contributed by atoms with Crippen LogP contribution in [-0.2, 0) is 14.6 Å². The van der Waals surface area contributed by atoms with Gasteiger partial charge in [0.2, 0.25) is 5.91 Å². The van der Waals surface area contributed by atoms with Gasteiger partial charge in [0, 0.05) is 12.3 Å². The van der Waals surface area contributed by atoms with Crippen LogP contribution in [0.3, 0.4) is 0 Å². The van der Waals surface area contributed by atoms with Gasteiger partial charge in [0.05, 0.1) is 15.6 Å². The van der Waals surface area contributed by atoms with Crippen molar-refractivity contribution in [1.82, 2.24) is 0 Å². The minimum atomic E-state index is -3.25. The fourth-order valence-electron chi connectivity index (χ4n) is 1.76. The number of hydrogen-bond acceptors (Lipinski definition) is 3. The molecule has 0 heterocycles. The summed E-state index contributed by atoms with van der Waals surface area (Å²) in [6.45, 7) is 0. The first-order chi connectivity index (χ1) is 10.8. The third-order valence-corrected chi connectivity index (χ3v) is 4.37. The van der Waals surface area contributed by atoms with Crippen LogP contribution in [0.2, 0.25) is 5.02 Å². The first-order valence-corrected chi connectivity index (χ1v) is 8.77. The molecule has 0 atom stereocenters. The van der Waals surface area contributed by atoms with E-state index in [0.717, 1.165) is 12.3 Å². The Labute approximate surface area is 138 Å². The molecule has 0 aliphatic heterocycles. The number of nitrogens with one attached hydrogen (secondary N) is 1. The highest BCUT2D eigenvalue weighted by molar-refractivity contribution is 7.90. The second-order valence-electron chi connectivity index (χ2n) is 4.79. The third kappa shape index (κ3) is 4.91. The van der Waals surface area contributed by atoms with E-state index in [1.54, 1.807) is 12.1 Å². The van der Waals surface area contributed by atoms with Crippen molar-refractivity contribution in [3.63, 3.8) is 0 Å². The average Bonchev–Trinajstić information content (AvgIpc) is 2.47. The first kappa shape index (κ1) is 17.2. The molecule has 2 aromatic rings. The monoisotopic (exact) mass is 353 g/mol. The second-order valence-corrected chi connectivity index (χ2v) is 7.21. The highest BCUT2D eigenvalue weighted by atomic mass is 35.5. The van der Waals surface area contributed by atoms with Crippen LogP contribution in [-0.4, -0.2) is 20.6 Å². The average molecular weight is 354 g/mol. The smallest absolute Gasteiger partial charge is 0.248 e. The summed E-state index contributed by atoms with van der Waals surface area (Å²) in [6, 6.07) is 9.76. The number of rotatable bonds is 4. The summed E-state index contributed by atoms with van der Waals surface area (Å²) >= 11 is 5.82. The lowest BCUT2D eigenvalue weighted by molar-refractivity contribution is -0.111. The van der Waals surface area contributed by atoms with E-state index in [2.05, 4.69) is 5.32 Å². The van der Waals surface area contributed by atoms with E-state index in [4.69, 9.17) is 11.6 Å². The number of hydrogen-bond donors (Lipinski definition) is 1. The molecule has 0 fully saturated rings. The molecule has 0 aromatic heterocycles.